The molecule has 1 saturated carbocycles. The van der Waals surface area contributed by atoms with Crippen molar-refractivity contribution in [1.82, 2.24) is 0 Å². The van der Waals surface area contributed by atoms with Gasteiger partial charge in [-0.1, -0.05) is 25.8 Å². The average Bonchev–Trinajstić information content (AvgIpc) is 2.34. The van der Waals surface area contributed by atoms with E-state index in [1.54, 1.807) is 12.1 Å². The Labute approximate surface area is 116 Å². The van der Waals surface area contributed by atoms with E-state index in [2.05, 4.69) is 28.9 Å². The number of nitrogens with zero attached hydrogens (tertiary/aromatic N) is 1. The summed E-state index contributed by atoms with van der Waals surface area (Å²) in [4.78, 5) is 0. The number of hydrogen-bond donors (Lipinski definition) is 0. The van der Waals surface area contributed by atoms with Crippen LogP contribution in [0.5, 0.6) is 0 Å². The van der Waals surface area contributed by atoms with Crippen molar-refractivity contribution in [2.75, 3.05) is 0 Å². The second-order valence-corrected chi connectivity index (χ2v) is 6.37. The van der Waals surface area contributed by atoms with Crippen LogP contribution in [0, 0.1) is 28.5 Å². The van der Waals surface area contributed by atoms with Gasteiger partial charge in [0.2, 0.25) is 0 Å². The minimum absolute atomic E-state index is 0.248. The van der Waals surface area contributed by atoms with Gasteiger partial charge in [0.1, 0.15) is 5.82 Å². The molecule has 1 fully saturated rings. The normalized spacial score (nSPS) is 27.8. The van der Waals surface area contributed by atoms with E-state index in [9.17, 15) is 9.65 Å². The molecular formula is C15H17BrFN. The van der Waals surface area contributed by atoms with Crippen molar-refractivity contribution in [2.45, 2.75) is 39.0 Å². The van der Waals surface area contributed by atoms with Crippen LogP contribution >= 0.6 is 15.9 Å². The van der Waals surface area contributed by atoms with E-state index in [0.717, 1.165) is 31.2 Å². The zero-order chi connectivity index (χ0) is 13.2. The predicted molar refractivity (Wildman–Crippen MR) is 73.5 cm³/mol. The molecule has 3 heteroatoms. The summed E-state index contributed by atoms with van der Waals surface area (Å²) in [6, 6.07) is 7.58. The van der Waals surface area contributed by atoms with E-state index in [4.69, 9.17) is 0 Å². The molecule has 2 unspecified atom stereocenters. The quantitative estimate of drug-likeness (QED) is 0.766. The van der Waals surface area contributed by atoms with Crippen molar-refractivity contribution in [2.24, 2.45) is 11.3 Å². The van der Waals surface area contributed by atoms with E-state index < -0.39 is 0 Å². The molecule has 1 aromatic rings. The molecule has 2 rings (SSSR count). The van der Waals surface area contributed by atoms with Crippen LogP contribution in [0.25, 0.3) is 0 Å². The van der Waals surface area contributed by atoms with Gasteiger partial charge in [-0.05, 0) is 58.8 Å². The minimum atomic E-state index is -0.255. The highest BCUT2D eigenvalue weighted by Gasteiger charge is 2.35. The summed E-state index contributed by atoms with van der Waals surface area (Å²) in [5, 5.41) is 9.51. The molecule has 96 valence electrons. The van der Waals surface area contributed by atoms with E-state index in [0.29, 0.717) is 10.4 Å². The molecule has 0 N–H and O–H groups in total. The molecule has 0 aromatic heterocycles. The molecule has 1 nitrogen and oxygen atoms in total. The smallest absolute Gasteiger partial charge is 0.137 e. The van der Waals surface area contributed by atoms with E-state index in [1.807, 2.05) is 0 Å². The topological polar surface area (TPSA) is 23.8 Å². The number of halogens is 2. The molecule has 0 spiro atoms. The number of nitriles is 1. The highest BCUT2D eigenvalue weighted by molar-refractivity contribution is 9.10. The standard InChI is InChI=1S/C15H17BrFN/c1-11-3-2-6-15(8-11,10-18)9-12-4-5-14(17)13(16)7-12/h4-5,7,11H,2-3,6,8-9H2,1H3. The van der Waals surface area contributed by atoms with Gasteiger partial charge in [0.05, 0.1) is 16.0 Å². The van der Waals surface area contributed by atoms with Crippen molar-refractivity contribution < 1.29 is 4.39 Å². The van der Waals surface area contributed by atoms with Crippen LogP contribution in [0.3, 0.4) is 0 Å². The molecule has 1 aliphatic rings. The Morgan fingerprint density at radius 2 is 2.33 bits per heavy atom. The fraction of sp³-hybridized carbons (Fsp3) is 0.533. The zero-order valence-corrected chi connectivity index (χ0v) is 12.1. The number of rotatable bonds is 2. The first-order valence-electron chi connectivity index (χ1n) is 6.40. The summed E-state index contributed by atoms with van der Waals surface area (Å²) >= 11 is 3.20. The lowest BCUT2D eigenvalue weighted by Crippen LogP contribution is -2.28. The molecule has 18 heavy (non-hydrogen) atoms. The zero-order valence-electron chi connectivity index (χ0n) is 10.5. The third-order valence-electron chi connectivity index (χ3n) is 3.86. The van der Waals surface area contributed by atoms with Gasteiger partial charge in [-0.25, -0.2) is 4.39 Å². The molecule has 0 amide bonds. The van der Waals surface area contributed by atoms with Gasteiger partial charge in [0.25, 0.3) is 0 Å². The van der Waals surface area contributed by atoms with E-state index >= 15 is 0 Å². The Morgan fingerprint density at radius 1 is 1.56 bits per heavy atom. The average molecular weight is 310 g/mol. The first-order valence-corrected chi connectivity index (χ1v) is 7.19. The number of benzene rings is 1. The van der Waals surface area contributed by atoms with Crippen LogP contribution < -0.4 is 0 Å². The molecule has 0 bridgehead atoms. The molecule has 2 atom stereocenters. The molecule has 0 saturated heterocycles. The van der Waals surface area contributed by atoms with Crippen LogP contribution in [0.4, 0.5) is 4.39 Å². The fourth-order valence-corrected chi connectivity index (χ4v) is 3.43. The fourth-order valence-electron chi connectivity index (χ4n) is 3.00. The van der Waals surface area contributed by atoms with E-state index in [-0.39, 0.29) is 11.2 Å². The van der Waals surface area contributed by atoms with Crippen molar-refractivity contribution >= 4 is 15.9 Å². The Kier molecular flexibility index (Phi) is 4.07. The van der Waals surface area contributed by atoms with E-state index in [1.165, 1.54) is 12.5 Å². The molecule has 0 radical (unpaired) electrons. The lowest BCUT2D eigenvalue weighted by molar-refractivity contribution is 0.209. The van der Waals surface area contributed by atoms with Crippen LogP contribution in [0.1, 0.15) is 38.2 Å². The highest BCUT2D eigenvalue weighted by atomic mass is 79.9. The lowest BCUT2D eigenvalue weighted by Gasteiger charge is -2.34. The maximum Gasteiger partial charge on any atom is 0.137 e. The Bertz CT molecular complexity index is 480. The predicted octanol–water partition coefficient (Wildman–Crippen LogP) is 4.85. The first-order chi connectivity index (χ1) is 8.54. The third kappa shape index (κ3) is 2.92. The monoisotopic (exact) mass is 309 g/mol. The lowest BCUT2D eigenvalue weighted by atomic mass is 9.68. The summed E-state index contributed by atoms with van der Waals surface area (Å²) in [6.45, 7) is 2.21. The van der Waals surface area contributed by atoms with Gasteiger partial charge in [0.15, 0.2) is 0 Å². The molecular weight excluding hydrogens is 293 g/mol. The maximum atomic E-state index is 13.2. The van der Waals surface area contributed by atoms with Gasteiger partial charge in [-0.15, -0.1) is 0 Å². The van der Waals surface area contributed by atoms with Crippen LogP contribution in [-0.4, -0.2) is 0 Å². The summed E-state index contributed by atoms with van der Waals surface area (Å²) in [6.07, 6.45) is 4.99. The van der Waals surface area contributed by atoms with Crippen molar-refractivity contribution in [3.05, 3.63) is 34.1 Å². The maximum absolute atomic E-state index is 13.2. The Balaban J connectivity index is 2.20. The Hall–Kier alpha value is -0.880. The van der Waals surface area contributed by atoms with Gasteiger partial charge < -0.3 is 0 Å². The third-order valence-corrected chi connectivity index (χ3v) is 4.46. The molecule has 0 heterocycles. The second kappa shape index (κ2) is 5.40. The summed E-state index contributed by atoms with van der Waals surface area (Å²) in [5.74, 6) is 0.365. The summed E-state index contributed by atoms with van der Waals surface area (Å²) in [7, 11) is 0. The summed E-state index contributed by atoms with van der Waals surface area (Å²) in [5.41, 5.74) is 0.786. The van der Waals surface area contributed by atoms with Crippen molar-refractivity contribution in [3.63, 3.8) is 0 Å². The van der Waals surface area contributed by atoms with Crippen molar-refractivity contribution in [3.8, 4) is 6.07 Å². The SMILES string of the molecule is CC1CCCC(C#N)(Cc2ccc(F)c(Br)c2)C1. The van der Waals surface area contributed by atoms with Gasteiger partial charge in [-0.2, -0.15) is 5.26 Å². The van der Waals surface area contributed by atoms with Crippen molar-refractivity contribution in [1.29, 1.82) is 5.26 Å². The first kappa shape index (κ1) is 13.5. The second-order valence-electron chi connectivity index (χ2n) is 5.52. The minimum Gasteiger partial charge on any atom is -0.206 e. The molecule has 1 aliphatic carbocycles. The largest absolute Gasteiger partial charge is 0.206 e. The molecule has 1 aromatic carbocycles. The van der Waals surface area contributed by atoms with Crippen LogP contribution in [0.15, 0.2) is 22.7 Å². The Morgan fingerprint density at radius 3 is 2.94 bits per heavy atom. The summed E-state index contributed by atoms with van der Waals surface area (Å²) < 4.78 is 13.7. The van der Waals surface area contributed by atoms with Crippen LogP contribution in [0.2, 0.25) is 0 Å². The van der Waals surface area contributed by atoms with Gasteiger partial charge in [-0.3, -0.25) is 0 Å². The van der Waals surface area contributed by atoms with Gasteiger partial charge in [0, 0.05) is 0 Å². The van der Waals surface area contributed by atoms with Crippen LogP contribution in [-0.2, 0) is 6.42 Å². The molecule has 0 aliphatic heterocycles. The number of hydrogen-bond acceptors (Lipinski definition) is 1. The highest BCUT2D eigenvalue weighted by Crippen LogP contribution is 2.41. The van der Waals surface area contributed by atoms with Gasteiger partial charge >= 0.3 is 0 Å².